The van der Waals surface area contributed by atoms with Crippen LogP contribution in [0, 0.1) is 0 Å². The minimum absolute atomic E-state index is 0.213. The zero-order valence-electron chi connectivity index (χ0n) is 17.3. The van der Waals surface area contributed by atoms with Crippen molar-refractivity contribution < 1.29 is 14.3 Å². The van der Waals surface area contributed by atoms with E-state index in [-0.39, 0.29) is 5.91 Å². The number of nitrogens with one attached hydrogen (secondary N) is 1. The fourth-order valence-electron chi connectivity index (χ4n) is 3.28. The highest BCUT2D eigenvalue weighted by molar-refractivity contribution is 6.30. The molecule has 7 heteroatoms. The van der Waals surface area contributed by atoms with Crippen molar-refractivity contribution in [3.05, 3.63) is 88.7 Å². The van der Waals surface area contributed by atoms with Crippen molar-refractivity contribution in [3.63, 3.8) is 0 Å². The van der Waals surface area contributed by atoms with Gasteiger partial charge in [-0.25, -0.2) is 4.98 Å². The molecule has 1 amide bonds. The van der Waals surface area contributed by atoms with Crippen molar-refractivity contribution in [1.82, 2.24) is 14.9 Å². The van der Waals surface area contributed by atoms with Crippen molar-refractivity contribution in [3.8, 4) is 11.5 Å². The largest absolute Gasteiger partial charge is 0.493 e. The first-order chi connectivity index (χ1) is 15.0. The van der Waals surface area contributed by atoms with Crippen LogP contribution in [0.15, 0.2) is 66.7 Å². The molecule has 4 rings (SSSR count). The van der Waals surface area contributed by atoms with Crippen LogP contribution in [-0.2, 0) is 20.2 Å². The van der Waals surface area contributed by atoms with Crippen LogP contribution in [0.2, 0.25) is 5.02 Å². The van der Waals surface area contributed by atoms with E-state index < -0.39 is 0 Å². The van der Waals surface area contributed by atoms with Gasteiger partial charge in [-0.2, -0.15) is 0 Å². The molecule has 1 N–H and O–H groups in total. The number of aryl methyl sites for hydroxylation is 1. The third-order valence-corrected chi connectivity index (χ3v) is 5.27. The summed E-state index contributed by atoms with van der Waals surface area (Å²) in [6.07, 6.45) is 0. The number of carbonyl (C=O) groups is 1. The molecule has 0 saturated carbocycles. The first-order valence-electron chi connectivity index (χ1n) is 9.79. The van der Waals surface area contributed by atoms with Gasteiger partial charge in [-0.05, 0) is 48.0 Å². The van der Waals surface area contributed by atoms with Gasteiger partial charge in [0.05, 0.1) is 24.7 Å². The minimum Gasteiger partial charge on any atom is -0.493 e. The smallest absolute Gasteiger partial charge is 0.251 e. The van der Waals surface area contributed by atoms with Gasteiger partial charge in [-0.3, -0.25) is 4.79 Å². The van der Waals surface area contributed by atoms with Crippen molar-refractivity contribution in [2.45, 2.75) is 13.2 Å². The van der Waals surface area contributed by atoms with Crippen molar-refractivity contribution in [2.24, 2.45) is 7.05 Å². The lowest BCUT2D eigenvalue weighted by molar-refractivity contribution is 0.0949. The van der Waals surface area contributed by atoms with E-state index >= 15 is 0 Å². The average Bonchev–Trinajstić information content (AvgIpc) is 3.12. The summed E-state index contributed by atoms with van der Waals surface area (Å²) >= 11 is 5.91. The Hall–Kier alpha value is -3.51. The topological polar surface area (TPSA) is 65.4 Å². The van der Waals surface area contributed by atoms with E-state index in [2.05, 4.69) is 10.3 Å². The highest BCUT2D eigenvalue weighted by Crippen LogP contribution is 2.29. The first kappa shape index (κ1) is 20.8. The molecule has 0 aliphatic rings. The zero-order valence-corrected chi connectivity index (χ0v) is 18.0. The second-order valence-corrected chi connectivity index (χ2v) is 7.48. The maximum atomic E-state index is 12.7. The van der Waals surface area contributed by atoms with E-state index in [4.69, 9.17) is 21.1 Å². The number of fused-ring (bicyclic) bond motifs is 1. The second kappa shape index (κ2) is 9.10. The van der Waals surface area contributed by atoms with Crippen LogP contribution in [0.3, 0.4) is 0 Å². The molecule has 0 fully saturated rings. The van der Waals surface area contributed by atoms with Crippen LogP contribution in [0.1, 0.15) is 21.7 Å². The maximum Gasteiger partial charge on any atom is 0.251 e. The van der Waals surface area contributed by atoms with E-state index in [1.807, 2.05) is 60.1 Å². The molecule has 0 bridgehead atoms. The number of para-hydroxylation sites is 2. The van der Waals surface area contributed by atoms with E-state index in [9.17, 15) is 4.79 Å². The molecule has 1 aromatic heterocycles. The van der Waals surface area contributed by atoms with Gasteiger partial charge in [0.15, 0.2) is 11.5 Å². The number of amides is 1. The molecule has 158 valence electrons. The standard InChI is InChI=1S/C24H22ClN3O3/c1-28-20-6-4-3-5-19(20)27-23(28)14-26-24(29)17-9-12-21(22(13-17)30-2)31-15-16-7-10-18(25)11-8-16/h3-13H,14-15H2,1-2H3,(H,26,29). The molecule has 3 aromatic carbocycles. The van der Waals surface area contributed by atoms with Crippen molar-refractivity contribution in [1.29, 1.82) is 0 Å². The summed E-state index contributed by atoms with van der Waals surface area (Å²) in [5.74, 6) is 1.62. The highest BCUT2D eigenvalue weighted by Gasteiger charge is 2.13. The lowest BCUT2D eigenvalue weighted by atomic mass is 10.2. The number of methoxy groups -OCH3 is 1. The molecule has 0 aliphatic heterocycles. The molecule has 1 heterocycles. The third-order valence-electron chi connectivity index (χ3n) is 5.02. The lowest BCUT2D eigenvalue weighted by Gasteiger charge is -2.12. The number of carbonyl (C=O) groups excluding carboxylic acids is 1. The van der Waals surface area contributed by atoms with Crippen LogP contribution in [0.4, 0.5) is 0 Å². The third kappa shape index (κ3) is 4.64. The molecule has 0 aliphatic carbocycles. The Morgan fingerprint density at radius 2 is 1.84 bits per heavy atom. The normalized spacial score (nSPS) is 10.8. The van der Waals surface area contributed by atoms with Crippen LogP contribution in [0.25, 0.3) is 11.0 Å². The Morgan fingerprint density at radius 1 is 1.06 bits per heavy atom. The monoisotopic (exact) mass is 435 g/mol. The molecule has 6 nitrogen and oxygen atoms in total. The van der Waals surface area contributed by atoms with Gasteiger partial charge in [-0.1, -0.05) is 35.9 Å². The Bertz CT molecular complexity index is 1220. The zero-order chi connectivity index (χ0) is 21.8. The first-order valence-corrected chi connectivity index (χ1v) is 10.2. The van der Waals surface area contributed by atoms with Gasteiger partial charge in [0.1, 0.15) is 12.4 Å². The predicted octanol–water partition coefficient (Wildman–Crippen LogP) is 4.74. The highest BCUT2D eigenvalue weighted by atomic mass is 35.5. The van der Waals surface area contributed by atoms with E-state index in [0.717, 1.165) is 22.4 Å². The number of benzene rings is 3. The fraction of sp³-hybridized carbons (Fsp3) is 0.167. The number of aromatic nitrogens is 2. The van der Waals surface area contributed by atoms with Gasteiger partial charge in [0.2, 0.25) is 0 Å². The quantitative estimate of drug-likeness (QED) is 0.455. The Morgan fingerprint density at radius 3 is 2.58 bits per heavy atom. The van der Waals surface area contributed by atoms with Crippen LogP contribution < -0.4 is 14.8 Å². The molecule has 0 saturated heterocycles. The van der Waals surface area contributed by atoms with Crippen LogP contribution in [0.5, 0.6) is 11.5 Å². The van der Waals surface area contributed by atoms with E-state index in [1.165, 1.54) is 0 Å². The average molecular weight is 436 g/mol. The number of nitrogens with zero attached hydrogens (tertiary/aromatic N) is 2. The molecule has 0 radical (unpaired) electrons. The molecule has 31 heavy (non-hydrogen) atoms. The molecule has 4 aromatic rings. The number of ether oxygens (including phenoxy) is 2. The lowest BCUT2D eigenvalue weighted by Crippen LogP contribution is -2.24. The molecular weight excluding hydrogens is 414 g/mol. The predicted molar refractivity (Wildman–Crippen MR) is 121 cm³/mol. The maximum absolute atomic E-state index is 12.7. The van der Waals surface area contributed by atoms with Crippen LogP contribution in [-0.4, -0.2) is 22.6 Å². The van der Waals surface area contributed by atoms with Gasteiger partial charge in [0, 0.05) is 17.6 Å². The minimum atomic E-state index is -0.213. The Kier molecular flexibility index (Phi) is 6.09. The van der Waals surface area contributed by atoms with Crippen LogP contribution >= 0.6 is 11.6 Å². The molecule has 0 unspecified atom stereocenters. The summed E-state index contributed by atoms with van der Waals surface area (Å²) in [4.78, 5) is 17.3. The summed E-state index contributed by atoms with van der Waals surface area (Å²) in [7, 11) is 3.48. The Balaban J connectivity index is 1.43. The molecule has 0 spiro atoms. The SMILES string of the molecule is COc1cc(C(=O)NCc2nc3ccccc3n2C)ccc1OCc1ccc(Cl)cc1. The number of hydrogen-bond donors (Lipinski definition) is 1. The van der Waals surface area contributed by atoms with Gasteiger partial charge in [0.25, 0.3) is 5.91 Å². The van der Waals surface area contributed by atoms with E-state index in [0.29, 0.717) is 35.2 Å². The van der Waals surface area contributed by atoms with Gasteiger partial charge in [-0.15, -0.1) is 0 Å². The van der Waals surface area contributed by atoms with Crippen molar-refractivity contribution >= 4 is 28.5 Å². The summed E-state index contributed by atoms with van der Waals surface area (Å²) in [6.45, 7) is 0.687. The van der Waals surface area contributed by atoms with Gasteiger partial charge < -0.3 is 19.4 Å². The number of halogens is 1. The molecule has 0 atom stereocenters. The van der Waals surface area contributed by atoms with Gasteiger partial charge >= 0.3 is 0 Å². The Labute approximate surface area is 185 Å². The number of rotatable bonds is 7. The summed E-state index contributed by atoms with van der Waals surface area (Å²) in [5.41, 5.74) is 3.39. The number of hydrogen-bond acceptors (Lipinski definition) is 4. The molecular formula is C24H22ClN3O3. The summed E-state index contributed by atoms with van der Waals surface area (Å²) in [5, 5.41) is 3.60. The summed E-state index contributed by atoms with van der Waals surface area (Å²) in [6, 6.07) is 20.4. The second-order valence-electron chi connectivity index (χ2n) is 7.04. The number of imidazole rings is 1. The van der Waals surface area contributed by atoms with E-state index in [1.54, 1.807) is 25.3 Å². The fourth-order valence-corrected chi connectivity index (χ4v) is 3.41. The van der Waals surface area contributed by atoms with Crippen molar-refractivity contribution in [2.75, 3.05) is 7.11 Å². The summed E-state index contributed by atoms with van der Waals surface area (Å²) < 4.78 is 13.3.